The van der Waals surface area contributed by atoms with Crippen molar-refractivity contribution in [2.24, 2.45) is 16.0 Å². The average molecular weight is 904 g/mol. The largest absolute Gasteiger partial charge is 0.591 e. The quantitative estimate of drug-likeness (QED) is 0.0504. The van der Waals surface area contributed by atoms with Crippen LogP contribution >= 0.6 is 11.6 Å². The van der Waals surface area contributed by atoms with Gasteiger partial charge in [-0.1, -0.05) is 17.7 Å². The van der Waals surface area contributed by atoms with Gasteiger partial charge >= 0.3 is 0 Å². The SMILES string of the molecule is CNc1c(-n2c(C(Cc3cc(F)cc(F)c3)NC(=O)Cn3nc(C(F)F)c4c3C(F)(F)C3CC43)nc3nc(-c4cccc(F)c4F)ccc3c2=O)ccc(Cl)c1C(N)=N[S+](C)[O-]. The molecule has 4 atom stereocenters. The Morgan fingerprint density at radius 1 is 1.08 bits per heavy atom. The minimum Gasteiger partial charge on any atom is -0.591 e. The number of pyridine rings is 1. The number of amides is 1. The zero-order valence-electron chi connectivity index (χ0n) is 32.0. The van der Waals surface area contributed by atoms with Crippen LogP contribution < -0.4 is 21.9 Å². The van der Waals surface area contributed by atoms with E-state index in [4.69, 9.17) is 17.3 Å². The second-order valence-electron chi connectivity index (χ2n) is 14.5. The van der Waals surface area contributed by atoms with Crippen molar-refractivity contribution in [3.63, 3.8) is 0 Å². The van der Waals surface area contributed by atoms with Crippen LogP contribution in [0.4, 0.5) is 40.8 Å². The van der Waals surface area contributed by atoms with E-state index in [-0.39, 0.29) is 67.6 Å². The highest BCUT2D eigenvalue weighted by Crippen LogP contribution is 2.68. The smallest absolute Gasteiger partial charge is 0.293 e. The predicted octanol–water partition coefficient (Wildman–Crippen LogP) is 7.14. The van der Waals surface area contributed by atoms with Crippen molar-refractivity contribution in [1.82, 2.24) is 29.6 Å². The van der Waals surface area contributed by atoms with Gasteiger partial charge in [0.1, 0.15) is 41.6 Å². The average Bonchev–Trinajstić information content (AvgIpc) is 3.86. The Hall–Kier alpha value is -6.06. The first-order valence-corrected chi connectivity index (χ1v) is 20.4. The number of amidine groups is 1. The van der Waals surface area contributed by atoms with Gasteiger partial charge in [0, 0.05) is 36.6 Å². The second-order valence-corrected chi connectivity index (χ2v) is 16.0. The molecular formula is C40H30ClF8N9O3S. The van der Waals surface area contributed by atoms with E-state index >= 15 is 13.2 Å². The van der Waals surface area contributed by atoms with Gasteiger partial charge in [0.15, 0.2) is 23.1 Å². The zero-order valence-corrected chi connectivity index (χ0v) is 33.6. The van der Waals surface area contributed by atoms with Crippen molar-refractivity contribution >= 4 is 51.4 Å². The van der Waals surface area contributed by atoms with Gasteiger partial charge in [0.2, 0.25) is 5.91 Å². The van der Waals surface area contributed by atoms with Crippen LogP contribution in [0.3, 0.4) is 0 Å². The fraction of sp³-hybridized carbons (Fsp3) is 0.250. The number of aromatic nitrogens is 5. The van der Waals surface area contributed by atoms with Crippen molar-refractivity contribution in [2.45, 2.75) is 43.7 Å². The molecule has 2 aliphatic carbocycles. The normalized spacial score (nSPS) is 17.5. The molecule has 322 valence electrons. The number of nitrogens with two attached hydrogens (primary N) is 1. The maximum absolute atomic E-state index is 15.5. The highest BCUT2D eigenvalue weighted by molar-refractivity contribution is 7.89. The molecule has 0 saturated heterocycles. The van der Waals surface area contributed by atoms with Crippen molar-refractivity contribution in [2.75, 3.05) is 18.6 Å². The Kier molecular flexibility index (Phi) is 11.0. The number of carbonyl (C=O) groups is 1. The number of benzene rings is 3. The third-order valence-electron chi connectivity index (χ3n) is 10.6. The van der Waals surface area contributed by atoms with Gasteiger partial charge in [-0.25, -0.2) is 36.3 Å². The lowest BCUT2D eigenvalue weighted by atomic mass is 10.0. The molecule has 1 fully saturated rings. The molecule has 2 aliphatic rings. The molecule has 0 radical (unpaired) electrons. The molecule has 0 bridgehead atoms. The van der Waals surface area contributed by atoms with Gasteiger partial charge in [-0.05, 0) is 70.8 Å². The third-order valence-corrected chi connectivity index (χ3v) is 11.3. The van der Waals surface area contributed by atoms with Crippen LogP contribution in [0.25, 0.3) is 28.0 Å². The van der Waals surface area contributed by atoms with E-state index in [9.17, 15) is 36.1 Å². The molecule has 6 aromatic rings. The molecule has 4 N–H and O–H groups in total. The predicted molar refractivity (Wildman–Crippen MR) is 213 cm³/mol. The number of nitrogens with zero attached hydrogens (tertiary/aromatic N) is 6. The lowest BCUT2D eigenvalue weighted by molar-refractivity contribution is -0.123. The van der Waals surface area contributed by atoms with Crippen LogP contribution in [0.5, 0.6) is 0 Å². The van der Waals surface area contributed by atoms with Crippen molar-refractivity contribution in [3.8, 4) is 16.9 Å². The number of alkyl halides is 4. The monoisotopic (exact) mass is 903 g/mol. The van der Waals surface area contributed by atoms with Crippen molar-refractivity contribution < 1.29 is 44.5 Å². The Labute approximate surface area is 353 Å². The molecule has 3 aromatic heterocycles. The summed E-state index contributed by atoms with van der Waals surface area (Å²) in [6.45, 7) is -1.05. The number of hydrogen-bond donors (Lipinski definition) is 3. The summed E-state index contributed by atoms with van der Waals surface area (Å²) in [5.41, 5.74) is 2.12. The van der Waals surface area contributed by atoms with E-state index in [0.29, 0.717) is 10.7 Å². The van der Waals surface area contributed by atoms with Gasteiger partial charge in [-0.3, -0.25) is 18.8 Å². The van der Waals surface area contributed by atoms with Gasteiger partial charge in [0.05, 0.1) is 50.4 Å². The fourth-order valence-electron chi connectivity index (χ4n) is 7.97. The van der Waals surface area contributed by atoms with Crippen LogP contribution in [-0.2, 0) is 35.0 Å². The summed E-state index contributed by atoms with van der Waals surface area (Å²) in [7, 11) is 1.42. The number of nitrogens with one attached hydrogen (secondary N) is 2. The summed E-state index contributed by atoms with van der Waals surface area (Å²) in [6.07, 6.45) is -2.61. The summed E-state index contributed by atoms with van der Waals surface area (Å²) in [4.78, 5) is 37.9. The number of anilines is 1. The molecular weight excluding hydrogens is 874 g/mol. The molecule has 1 amide bonds. The molecule has 22 heteroatoms. The van der Waals surface area contributed by atoms with E-state index in [1.807, 2.05) is 0 Å². The van der Waals surface area contributed by atoms with Gasteiger partial charge in [0.25, 0.3) is 17.9 Å². The number of halogens is 9. The van der Waals surface area contributed by atoms with Crippen molar-refractivity contribution in [3.05, 3.63) is 133 Å². The van der Waals surface area contributed by atoms with Crippen LogP contribution in [0.1, 0.15) is 58.7 Å². The highest BCUT2D eigenvalue weighted by atomic mass is 35.5. The molecule has 3 heterocycles. The van der Waals surface area contributed by atoms with Crippen LogP contribution in [0.2, 0.25) is 5.02 Å². The number of fused-ring (bicyclic) bond motifs is 4. The topological polar surface area (TPSA) is 168 Å². The maximum atomic E-state index is 15.5. The molecule has 1 saturated carbocycles. The Morgan fingerprint density at radius 2 is 1.81 bits per heavy atom. The van der Waals surface area contributed by atoms with Crippen molar-refractivity contribution in [1.29, 1.82) is 0 Å². The van der Waals surface area contributed by atoms with E-state index in [2.05, 4.69) is 30.1 Å². The van der Waals surface area contributed by atoms with Crippen LogP contribution in [-0.4, -0.2) is 53.9 Å². The highest BCUT2D eigenvalue weighted by Gasteiger charge is 2.67. The zero-order chi connectivity index (χ0) is 44.5. The first-order chi connectivity index (χ1) is 29.4. The summed E-state index contributed by atoms with van der Waals surface area (Å²) >= 11 is 4.71. The lowest BCUT2D eigenvalue weighted by Gasteiger charge is -2.25. The number of carbonyl (C=O) groups excluding carboxylic acids is 1. The Balaban J connectivity index is 1.35. The first kappa shape index (κ1) is 42.6. The molecule has 0 aliphatic heterocycles. The molecule has 0 spiro atoms. The minimum absolute atomic E-state index is 0.00517. The second kappa shape index (κ2) is 16.0. The van der Waals surface area contributed by atoms with Gasteiger partial charge in [-0.2, -0.15) is 13.9 Å². The van der Waals surface area contributed by atoms with E-state index in [1.165, 1.54) is 49.7 Å². The Bertz CT molecular complexity index is 2890. The molecule has 4 unspecified atom stereocenters. The fourth-order valence-corrected chi connectivity index (χ4v) is 8.59. The molecule has 3 aromatic carbocycles. The summed E-state index contributed by atoms with van der Waals surface area (Å²) in [5.74, 6) is -12.1. The van der Waals surface area contributed by atoms with Gasteiger partial charge < -0.3 is 20.9 Å². The van der Waals surface area contributed by atoms with Crippen LogP contribution in [0, 0.1) is 29.2 Å². The van der Waals surface area contributed by atoms with E-state index in [1.54, 1.807) is 0 Å². The number of hydrogen-bond acceptors (Lipinski definition) is 8. The Morgan fingerprint density at radius 3 is 2.48 bits per heavy atom. The summed E-state index contributed by atoms with van der Waals surface area (Å²) < 4.78 is 135. The van der Waals surface area contributed by atoms with Gasteiger partial charge in [-0.15, -0.1) is 0 Å². The van der Waals surface area contributed by atoms with Crippen LogP contribution in [0.15, 0.2) is 69.9 Å². The lowest BCUT2D eigenvalue weighted by Crippen LogP contribution is -2.38. The molecule has 8 rings (SSSR count). The standard InChI is InChI=1S/C40H30ClF8N9O3S/c1-51-32-27(9-7-23(41)30(32)36(50)56-62(2)61)58-38(54-37-20(39(58)60)6-8-25(53-37)19-4-3-5-24(44)31(19)45)26(12-16-10-17(42)13-18(43)11-16)52-28(59)15-57-34-29(33(55-57)35(46)47)21-14-22(21)40(34,48)49/h3-11,13,21-22,26,35,51H,12,14-15H2,1-2H3,(H2,50,56)(H,52,59). The van der Waals surface area contributed by atoms with E-state index in [0.717, 1.165) is 22.8 Å². The third kappa shape index (κ3) is 7.50. The number of rotatable bonds is 12. The summed E-state index contributed by atoms with van der Waals surface area (Å²) in [5, 5.41) is 8.88. The maximum Gasteiger partial charge on any atom is 0.293 e. The summed E-state index contributed by atoms with van der Waals surface area (Å²) in [6, 6.07) is 9.17. The minimum atomic E-state index is -3.59. The first-order valence-electron chi connectivity index (χ1n) is 18.5. The molecule has 12 nitrogen and oxygen atoms in total. The molecule has 62 heavy (non-hydrogen) atoms. The van der Waals surface area contributed by atoms with E-state index < -0.39 is 107 Å².